The van der Waals surface area contributed by atoms with Crippen LogP contribution >= 0.6 is 95.6 Å². The van der Waals surface area contributed by atoms with Crippen molar-refractivity contribution in [1.82, 2.24) is 0 Å². The van der Waals surface area contributed by atoms with Crippen LogP contribution in [-0.4, -0.2) is 21.6 Å². The second-order valence-corrected chi connectivity index (χ2v) is 12.5. The molecule has 1 aliphatic heterocycles. The normalized spacial score (nSPS) is 38.1. The van der Waals surface area contributed by atoms with Gasteiger partial charge in [0, 0.05) is 0 Å². The molecule has 0 radical (unpaired) electrons. The van der Waals surface area contributed by atoms with E-state index in [2.05, 4.69) is 95.6 Å². The predicted molar refractivity (Wildman–Crippen MR) is 88.9 cm³/mol. The van der Waals surface area contributed by atoms with E-state index in [0.717, 1.165) is 0 Å². The Kier molecular flexibility index (Phi) is 4.20. The summed E-state index contributed by atoms with van der Waals surface area (Å²) in [6.45, 7) is 0. The van der Waals surface area contributed by atoms with E-state index in [0.29, 0.717) is 5.76 Å². The summed E-state index contributed by atoms with van der Waals surface area (Å²) in [5.41, 5.74) is 0. The van der Waals surface area contributed by atoms with Crippen LogP contribution < -0.4 is 0 Å². The van der Waals surface area contributed by atoms with Crippen LogP contribution in [0.25, 0.3) is 0 Å². The van der Waals surface area contributed by atoms with Gasteiger partial charge in [-0.25, -0.2) is 0 Å². The number of hydrogen-bond acceptors (Lipinski definition) is 2. The molecule has 2 atom stereocenters. The zero-order valence-corrected chi connectivity index (χ0v) is 17.4. The van der Waals surface area contributed by atoms with Crippen molar-refractivity contribution < 1.29 is 9.53 Å². The molecule has 0 saturated carbocycles. The van der Waals surface area contributed by atoms with Gasteiger partial charge in [0.05, 0.1) is 4.83 Å². The molecule has 0 aromatic heterocycles. The third-order valence-electron chi connectivity index (χ3n) is 2.49. The monoisotopic (exact) mass is 618 g/mol. The van der Waals surface area contributed by atoms with Crippen LogP contribution in [0, 0.1) is 0 Å². The zero-order valence-electron chi connectivity index (χ0n) is 7.89. The number of Topliss-reactive ketones (excluding diaryl/α,β-unsaturated/α-hetero) is 1. The lowest BCUT2D eigenvalue weighted by molar-refractivity contribution is -0.125. The summed E-state index contributed by atoms with van der Waals surface area (Å²) >= 11 is 20.3. The summed E-state index contributed by atoms with van der Waals surface area (Å²) in [5.74, 6) is 0.428. The summed E-state index contributed by atoms with van der Waals surface area (Å²) < 4.78 is 2.72. The van der Waals surface area contributed by atoms with E-state index in [1.165, 1.54) is 0 Å². The number of carbonyl (C=O) groups excluding carboxylic acids is 1. The minimum absolute atomic E-state index is 0.109. The summed E-state index contributed by atoms with van der Waals surface area (Å²) in [4.78, 5) is 12.5. The Morgan fingerprint density at radius 3 is 2.35 bits per heavy atom. The molecule has 0 amide bonds. The lowest BCUT2D eigenvalue weighted by atomic mass is 9.90. The first-order valence-corrected chi connectivity index (χ1v) is 9.23. The van der Waals surface area contributed by atoms with E-state index in [-0.39, 0.29) is 10.6 Å². The molecule has 1 fully saturated rings. The van der Waals surface area contributed by atoms with Crippen molar-refractivity contribution in [2.45, 2.75) is 15.8 Å². The van der Waals surface area contributed by atoms with Gasteiger partial charge < -0.3 is 4.74 Å². The number of ether oxygens (including phenoxy) is 1. The molecule has 1 heterocycles. The Bertz CT molecular complexity index is 441. The molecule has 2 aliphatic rings. The standard InChI is InChI=1S/C9H4Br6O2/c10-4-2-1-3-5-7(4,11)6(16)8(12,13)9(14,15)17-5/h1-4H. The molecule has 2 nitrogen and oxygen atoms in total. The lowest BCUT2D eigenvalue weighted by Gasteiger charge is -2.48. The molecule has 1 aliphatic carbocycles. The van der Waals surface area contributed by atoms with Crippen LogP contribution in [0.1, 0.15) is 0 Å². The molecular weight excluding hydrogens is 620 g/mol. The largest absolute Gasteiger partial charge is 0.465 e. The van der Waals surface area contributed by atoms with Gasteiger partial charge in [-0.15, -0.1) is 0 Å². The van der Waals surface area contributed by atoms with Gasteiger partial charge in [0.15, 0.2) is 13.3 Å². The fourth-order valence-corrected chi connectivity index (χ4v) is 4.84. The fourth-order valence-electron chi connectivity index (χ4n) is 1.54. The van der Waals surface area contributed by atoms with Crippen molar-refractivity contribution in [3.63, 3.8) is 0 Å². The molecule has 94 valence electrons. The third-order valence-corrected chi connectivity index (χ3v) is 10.8. The van der Waals surface area contributed by atoms with Crippen molar-refractivity contribution >= 4 is 101 Å². The van der Waals surface area contributed by atoms with Crippen molar-refractivity contribution in [3.05, 3.63) is 24.0 Å². The van der Waals surface area contributed by atoms with Crippen molar-refractivity contribution in [2.24, 2.45) is 0 Å². The highest BCUT2D eigenvalue weighted by atomic mass is 79.9. The summed E-state index contributed by atoms with van der Waals surface area (Å²) in [5, 5.41) is 0. The zero-order chi connectivity index (χ0) is 13.1. The van der Waals surface area contributed by atoms with E-state index in [4.69, 9.17) is 4.74 Å². The number of hydrogen-bond donors (Lipinski definition) is 0. The maximum atomic E-state index is 12.6. The topological polar surface area (TPSA) is 26.3 Å². The molecule has 0 spiro atoms. The minimum Gasteiger partial charge on any atom is -0.465 e. The van der Waals surface area contributed by atoms with Gasteiger partial charge >= 0.3 is 0 Å². The highest BCUT2D eigenvalue weighted by molar-refractivity contribution is 9.30. The van der Waals surface area contributed by atoms with Gasteiger partial charge in [-0.1, -0.05) is 75.9 Å². The minimum atomic E-state index is -1.09. The van der Waals surface area contributed by atoms with Crippen molar-refractivity contribution in [1.29, 1.82) is 0 Å². The number of carbonyl (C=O) groups is 1. The van der Waals surface area contributed by atoms with Crippen LogP contribution in [0.2, 0.25) is 0 Å². The van der Waals surface area contributed by atoms with Gasteiger partial charge in [0.25, 0.3) is 0 Å². The number of alkyl halides is 6. The Morgan fingerprint density at radius 1 is 1.18 bits per heavy atom. The number of ketones is 1. The van der Waals surface area contributed by atoms with E-state index in [1.54, 1.807) is 6.08 Å². The highest BCUT2D eigenvalue weighted by Gasteiger charge is 2.67. The van der Waals surface area contributed by atoms with Gasteiger partial charge in [0.2, 0.25) is 3.42 Å². The Morgan fingerprint density at radius 2 is 1.76 bits per heavy atom. The molecule has 0 aromatic carbocycles. The Labute approximate surface area is 149 Å². The molecule has 17 heavy (non-hydrogen) atoms. The van der Waals surface area contributed by atoms with Gasteiger partial charge in [-0.3, -0.25) is 4.79 Å². The maximum absolute atomic E-state index is 12.6. The van der Waals surface area contributed by atoms with Gasteiger partial charge in [-0.05, 0) is 37.9 Å². The quantitative estimate of drug-likeness (QED) is 0.361. The van der Waals surface area contributed by atoms with Crippen LogP contribution in [-0.2, 0) is 9.53 Å². The smallest absolute Gasteiger partial charge is 0.249 e. The predicted octanol–water partition coefficient (Wildman–Crippen LogP) is 4.87. The second-order valence-electron chi connectivity index (χ2n) is 3.55. The average Bonchev–Trinajstić information content (AvgIpc) is 2.21. The molecule has 0 N–H and O–H groups in total. The number of rotatable bonds is 0. The molecule has 8 heteroatoms. The molecule has 0 aromatic rings. The van der Waals surface area contributed by atoms with Crippen molar-refractivity contribution in [3.8, 4) is 0 Å². The first kappa shape index (κ1) is 15.2. The number of fused-ring (bicyclic) bond motifs is 1. The van der Waals surface area contributed by atoms with E-state index >= 15 is 0 Å². The first-order valence-electron chi connectivity index (χ1n) is 4.35. The summed E-state index contributed by atoms with van der Waals surface area (Å²) in [7, 11) is 0. The Hall–Kier alpha value is 1.83. The molecule has 2 rings (SSSR count). The second kappa shape index (κ2) is 4.69. The van der Waals surface area contributed by atoms with Crippen LogP contribution in [0.5, 0.6) is 0 Å². The molecular formula is C9H4Br6O2. The number of halogens is 6. The Balaban J connectivity index is 2.58. The van der Waals surface area contributed by atoms with E-state index in [1.807, 2.05) is 12.2 Å². The SMILES string of the molecule is O=C1C2(Br)C(=CC=CC2Br)OC(Br)(Br)C1(Br)Br. The van der Waals surface area contributed by atoms with Crippen molar-refractivity contribution in [2.75, 3.05) is 0 Å². The van der Waals surface area contributed by atoms with E-state index in [9.17, 15) is 4.79 Å². The summed E-state index contributed by atoms with van der Waals surface area (Å²) in [6, 6.07) is 0. The van der Waals surface area contributed by atoms with Gasteiger partial charge in [-0.2, -0.15) is 0 Å². The molecule has 1 saturated heterocycles. The highest BCUT2D eigenvalue weighted by Crippen LogP contribution is 2.60. The molecule has 2 unspecified atom stereocenters. The first-order chi connectivity index (χ1) is 7.64. The molecule has 0 bridgehead atoms. The average molecular weight is 624 g/mol. The van der Waals surface area contributed by atoms with Crippen LogP contribution in [0.4, 0.5) is 0 Å². The van der Waals surface area contributed by atoms with Crippen LogP contribution in [0.3, 0.4) is 0 Å². The number of allylic oxidation sites excluding steroid dienone is 4. The van der Waals surface area contributed by atoms with E-state index < -0.39 is 11.0 Å². The van der Waals surface area contributed by atoms with Gasteiger partial charge in [0.1, 0.15) is 5.76 Å². The lowest BCUT2D eigenvalue weighted by Crippen LogP contribution is -2.61. The fraction of sp³-hybridized carbons (Fsp3) is 0.444. The summed E-state index contributed by atoms with van der Waals surface area (Å²) in [6.07, 6.45) is 5.48. The van der Waals surface area contributed by atoms with Crippen LogP contribution in [0.15, 0.2) is 24.0 Å². The maximum Gasteiger partial charge on any atom is 0.249 e. The third kappa shape index (κ3) is 2.13.